The molecular weight excluding hydrogens is 238 g/mol. The first kappa shape index (κ1) is 14.0. The third kappa shape index (κ3) is 2.16. The Morgan fingerprint density at radius 1 is 1.12 bits per heavy atom. The van der Waals surface area contributed by atoms with Crippen LogP contribution in [0.2, 0.25) is 0 Å². The van der Waals surface area contributed by atoms with Crippen molar-refractivity contribution in [2.45, 2.75) is 39.4 Å². The number of ketones is 1. The molecule has 1 heterocycles. The average Bonchev–Trinajstić information content (AvgIpc) is 2.43. The van der Waals surface area contributed by atoms with Gasteiger partial charge in [-0.25, -0.2) is 8.42 Å². The fourth-order valence-electron chi connectivity index (χ4n) is 1.54. The van der Waals surface area contributed by atoms with Gasteiger partial charge >= 0.3 is 0 Å². The summed E-state index contributed by atoms with van der Waals surface area (Å²) in [6.07, 6.45) is 1.09. The van der Waals surface area contributed by atoms with E-state index in [1.807, 2.05) is 20.8 Å². The van der Waals surface area contributed by atoms with Crippen molar-refractivity contribution in [3.05, 3.63) is 22.5 Å². The van der Waals surface area contributed by atoms with Crippen molar-refractivity contribution < 1.29 is 13.2 Å². The van der Waals surface area contributed by atoms with Crippen molar-refractivity contribution in [1.29, 1.82) is 0 Å². The van der Waals surface area contributed by atoms with Gasteiger partial charge in [-0.3, -0.25) is 4.79 Å². The van der Waals surface area contributed by atoms with Gasteiger partial charge in [0.15, 0.2) is 15.6 Å². The van der Waals surface area contributed by atoms with E-state index >= 15 is 0 Å². The molecule has 0 aliphatic carbocycles. The van der Waals surface area contributed by atoms with Crippen LogP contribution in [0.5, 0.6) is 0 Å². The minimum absolute atomic E-state index is 0.381. The molecule has 0 fully saturated rings. The first-order valence-electron chi connectivity index (χ1n) is 5.40. The van der Waals surface area contributed by atoms with Gasteiger partial charge in [-0.05, 0) is 45.7 Å². The summed E-state index contributed by atoms with van der Waals surface area (Å²) in [6, 6.07) is 0. The van der Waals surface area contributed by atoms with Gasteiger partial charge in [-0.2, -0.15) is 0 Å². The number of Topliss-reactive ketones (excluding diaryl/α,β-unsaturated/α-hetero) is 1. The summed E-state index contributed by atoms with van der Waals surface area (Å²) in [5.41, 5.74) is 3.12. The number of nitrogens with one attached hydrogen (secondary N) is 1. The zero-order valence-corrected chi connectivity index (χ0v) is 11.9. The van der Waals surface area contributed by atoms with Crippen LogP contribution in [0.3, 0.4) is 0 Å². The highest BCUT2D eigenvalue weighted by Gasteiger charge is 2.40. The van der Waals surface area contributed by atoms with Crippen LogP contribution in [-0.4, -0.2) is 30.2 Å². The lowest BCUT2D eigenvalue weighted by Crippen LogP contribution is -2.40. The lowest BCUT2D eigenvalue weighted by molar-refractivity contribution is 0.0949. The van der Waals surface area contributed by atoms with Crippen LogP contribution in [-0.2, 0) is 9.84 Å². The third-order valence-electron chi connectivity index (χ3n) is 3.51. The number of carbonyl (C=O) groups is 1. The number of aromatic nitrogens is 1. The molecule has 1 aromatic heterocycles. The molecule has 0 bridgehead atoms. The van der Waals surface area contributed by atoms with Crippen molar-refractivity contribution in [2.24, 2.45) is 0 Å². The number of carbonyl (C=O) groups excluding carboxylic acids is 1. The predicted octanol–water partition coefficient (Wildman–Crippen LogP) is 1.95. The Hall–Kier alpha value is -1.10. The standard InChI is InChI=1S/C12H19NO3S/c1-7-8(2)10(13-9(7)3)11(14)12(4,5)17(6,15)16/h13H,1-6H3. The zero-order chi connectivity index (χ0) is 13.6. The maximum Gasteiger partial charge on any atom is 0.199 e. The molecule has 0 saturated carbocycles. The predicted molar refractivity (Wildman–Crippen MR) is 68.3 cm³/mol. The van der Waals surface area contributed by atoms with Crippen molar-refractivity contribution in [1.82, 2.24) is 4.98 Å². The van der Waals surface area contributed by atoms with Gasteiger partial charge in [0.05, 0.1) is 5.69 Å². The highest BCUT2D eigenvalue weighted by Crippen LogP contribution is 2.25. The van der Waals surface area contributed by atoms with Crippen LogP contribution >= 0.6 is 0 Å². The van der Waals surface area contributed by atoms with Crippen molar-refractivity contribution in [3.8, 4) is 0 Å². The Bertz CT molecular complexity index is 565. The van der Waals surface area contributed by atoms with E-state index in [9.17, 15) is 13.2 Å². The Balaban J connectivity index is 3.37. The second-order valence-electron chi connectivity index (χ2n) is 4.99. The van der Waals surface area contributed by atoms with E-state index in [1.54, 1.807) is 0 Å². The molecule has 5 heteroatoms. The summed E-state index contributed by atoms with van der Waals surface area (Å²) in [7, 11) is -3.44. The van der Waals surface area contributed by atoms with Gasteiger partial charge in [-0.1, -0.05) is 0 Å². The Morgan fingerprint density at radius 3 is 1.88 bits per heavy atom. The van der Waals surface area contributed by atoms with Crippen molar-refractivity contribution >= 4 is 15.6 Å². The van der Waals surface area contributed by atoms with E-state index in [0.29, 0.717) is 5.69 Å². The highest BCUT2D eigenvalue weighted by molar-refractivity contribution is 7.92. The average molecular weight is 257 g/mol. The smallest absolute Gasteiger partial charge is 0.199 e. The van der Waals surface area contributed by atoms with Gasteiger partial charge in [0.2, 0.25) is 0 Å². The quantitative estimate of drug-likeness (QED) is 0.841. The first-order chi connectivity index (χ1) is 7.50. The molecule has 0 unspecified atom stereocenters. The van der Waals surface area contributed by atoms with Gasteiger partial charge in [0.1, 0.15) is 4.75 Å². The second kappa shape index (κ2) is 3.98. The van der Waals surface area contributed by atoms with E-state index in [1.165, 1.54) is 13.8 Å². The molecule has 1 aromatic rings. The maximum atomic E-state index is 12.3. The second-order valence-corrected chi connectivity index (χ2v) is 7.55. The van der Waals surface area contributed by atoms with Gasteiger partial charge in [0.25, 0.3) is 0 Å². The number of rotatable bonds is 3. The largest absolute Gasteiger partial charge is 0.356 e. The first-order valence-corrected chi connectivity index (χ1v) is 7.29. The number of hydrogen-bond acceptors (Lipinski definition) is 3. The minimum atomic E-state index is -3.44. The van der Waals surface area contributed by atoms with Crippen LogP contribution < -0.4 is 0 Å². The van der Waals surface area contributed by atoms with Crippen LogP contribution in [0.4, 0.5) is 0 Å². The highest BCUT2D eigenvalue weighted by atomic mass is 32.2. The van der Waals surface area contributed by atoms with E-state index in [-0.39, 0.29) is 5.78 Å². The van der Waals surface area contributed by atoms with Crippen LogP contribution in [0.1, 0.15) is 41.2 Å². The third-order valence-corrected chi connectivity index (χ3v) is 5.55. The van der Waals surface area contributed by atoms with Crippen LogP contribution in [0.25, 0.3) is 0 Å². The van der Waals surface area contributed by atoms with Gasteiger partial charge in [0, 0.05) is 11.9 Å². The summed E-state index contributed by atoms with van der Waals surface area (Å²) in [5.74, 6) is -0.381. The van der Waals surface area contributed by atoms with Crippen molar-refractivity contribution in [3.63, 3.8) is 0 Å². The van der Waals surface area contributed by atoms with E-state index < -0.39 is 14.6 Å². The molecule has 0 atom stereocenters. The summed E-state index contributed by atoms with van der Waals surface area (Å²) in [5, 5.41) is 0. The summed E-state index contributed by atoms with van der Waals surface area (Å²) in [4.78, 5) is 15.3. The molecule has 96 valence electrons. The summed E-state index contributed by atoms with van der Waals surface area (Å²) < 4.78 is 21.9. The lowest BCUT2D eigenvalue weighted by atomic mass is 10.0. The molecule has 0 radical (unpaired) electrons. The monoisotopic (exact) mass is 257 g/mol. The molecular formula is C12H19NO3S. The fourth-order valence-corrected chi connectivity index (χ4v) is 1.98. The van der Waals surface area contributed by atoms with E-state index in [2.05, 4.69) is 4.98 Å². The Labute approximate surface area is 102 Å². The van der Waals surface area contributed by atoms with Crippen molar-refractivity contribution in [2.75, 3.05) is 6.26 Å². The normalized spacial score (nSPS) is 12.8. The Morgan fingerprint density at radius 2 is 1.59 bits per heavy atom. The minimum Gasteiger partial charge on any atom is -0.356 e. The number of sulfone groups is 1. The number of H-pyrrole nitrogens is 1. The fraction of sp³-hybridized carbons (Fsp3) is 0.583. The molecule has 0 aliphatic rings. The molecule has 17 heavy (non-hydrogen) atoms. The number of aryl methyl sites for hydroxylation is 1. The number of aromatic amines is 1. The van der Waals surface area contributed by atoms with E-state index in [0.717, 1.165) is 23.1 Å². The topological polar surface area (TPSA) is 67.0 Å². The van der Waals surface area contributed by atoms with E-state index in [4.69, 9.17) is 0 Å². The maximum absolute atomic E-state index is 12.3. The SMILES string of the molecule is Cc1[nH]c(C(=O)C(C)(C)S(C)(=O)=O)c(C)c1C. The molecule has 0 aromatic carbocycles. The Kier molecular flexibility index (Phi) is 3.27. The summed E-state index contributed by atoms with van der Waals surface area (Å²) >= 11 is 0. The van der Waals surface area contributed by atoms with Gasteiger partial charge < -0.3 is 4.98 Å². The van der Waals surface area contributed by atoms with Crippen LogP contribution in [0, 0.1) is 20.8 Å². The molecule has 0 aliphatic heterocycles. The molecule has 0 saturated heterocycles. The zero-order valence-electron chi connectivity index (χ0n) is 11.1. The molecule has 4 nitrogen and oxygen atoms in total. The molecule has 1 rings (SSSR count). The molecule has 0 spiro atoms. The molecule has 1 N–H and O–H groups in total. The van der Waals surface area contributed by atoms with Crippen LogP contribution in [0.15, 0.2) is 0 Å². The summed E-state index contributed by atoms with van der Waals surface area (Å²) in [6.45, 7) is 8.48. The van der Waals surface area contributed by atoms with Gasteiger partial charge in [-0.15, -0.1) is 0 Å². The molecule has 0 amide bonds. The lowest BCUT2D eigenvalue weighted by Gasteiger charge is -2.20. The number of hydrogen-bond donors (Lipinski definition) is 1.